The summed E-state index contributed by atoms with van der Waals surface area (Å²) in [6, 6.07) is 17.5. The lowest BCUT2D eigenvalue weighted by Gasteiger charge is -2.17. The van der Waals surface area contributed by atoms with E-state index in [1.165, 1.54) is 18.5 Å². The Bertz CT molecular complexity index is 1810. The number of hydrogen-bond acceptors (Lipinski definition) is 6. The number of halogens is 1. The van der Waals surface area contributed by atoms with Gasteiger partial charge in [0.25, 0.3) is 0 Å². The van der Waals surface area contributed by atoms with Crippen molar-refractivity contribution in [2.75, 3.05) is 0 Å². The summed E-state index contributed by atoms with van der Waals surface area (Å²) in [6.07, 6.45) is 5.20. The number of benzene rings is 1. The summed E-state index contributed by atoms with van der Waals surface area (Å²) >= 11 is 0. The number of carbonyl (C=O) groups excluding carboxylic acids is 1. The fourth-order valence-corrected chi connectivity index (χ4v) is 4.37. The minimum atomic E-state index is -0.310. The van der Waals surface area contributed by atoms with Crippen LogP contribution in [0.1, 0.15) is 42.6 Å². The van der Waals surface area contributed by atoms with Crippen molar-refractivity contribution in [3.8, 4) is 22.6 Å². The van der Waals surface area contributed by atoms with E-state index in [1.54, 1.807) is 28.9 Å². The summed E-state index contributed by atoms with van der Waals surface area (Å²) in [4.78, 5) is 30.9. The average molecular weight is 506 g/mol. The Balaban J connectivity index is 1.37. The van der Waals surface area contributed by atoms with Crippen molar-refractivity contribution >= 4 is 17.1 Å². The highest BCUT2D eigenvalue weighted by atomic mass is 19.1. The Morgan fingerprint density at radius 1 is 0.947 bits per heavy atom. The molecule has 0 N–H and O–H groups in total. The van der Waals surface area contributed by atoms with Crippen molar-refractivity contribution in [3.05, 3.63) is 102 Å². The largest absolute Gasteiger partial charge is 0.298 e. The molecule has 9 heteroatoms. The number of carbonyl (C=O) groups is 1. The quantitative estimate of drug-likeness (QED) is 0.293. The molecule has 0 saturated heterocycles. The normalized spacial score (nSPS) is 11.9. The van der Waals surface area contributed by atoms with E-state index in [9.17, 15) is 9.18 Å². The van der Waals surface area contributed by atoms with Crippen LogP contribution in [0.25, 0.3) is 33.9 Å². The van der Waals surface area contributed by atoms with Gasteiger partial charge in [-0.05, 0) is 54.6 Å². The first-order chi connectivity index (χ1) is 18.3. The molecule has 0 fully saturated rings. The second-order valence-electron chi connectivity index (χ2n) is 10.1. The van der Waals surface area contributed by atoms with Gasteiger partial charge in [-0.2, -0.15) is 5.10 Å². The molecule has 0 spiro atoms. The maximum Gasteiger partial charge on any atom is 0.187 e. The number of aromatic nitrogens is 7. The molecule has 0 aliphatic rings. The van der Waals surface area contributed by atoms with E-state index in [4.69, 9.17) is 10.1 Å². The lowest BCUT2D eigenvalue weighted by Crippen LogP contribution is -2.16. The molecule has 8 nitrogen and oxygen atoms in total. The van der Waals surface area contributed by atoms with E-state index in [-0.39, 0.29) is 23.4 Å². The minimum absolute atomic E-state index is 0.0930. The van der Waals surface area contributed by atoms with Crippen molar-refractivity contribution in [2.45, 2.75) is 32.6 Å². The third kappa shape index (κ3) is 4.32. The van der Waals surface area contributed by atoms with E-state index < -0.39 is 0 Å². The zero-order valence-electron chi connectivity index (χ0n) is 21.1. The SMILES string of the molecule is CC(C)(C)c1cc(C(=O)Cc2cn3nc(-c4c(-c5ccc(F)cc5)nc5ccccn45)ccc3n2)ncn1. The Labute approximate surface area is 217 Å². The van der Waals surface area contributed by atoms with Gasteiger partial charge in [0.1, 0.15) is 34.9 Å². The number of ketones is 1. The van der Waals surface area contributed by atoms with Crippen LogP contribution in [0, 0.1) is 5.82 Å². The molecular formula is C29H24FN7O. The first-order valence-corrected chi connectivity index (χ1v) is 12.2. The van der Waals surface area contributed by atoms with Crippen LogP contribution in [0.4, 0.5) is 4.39 Å². The molecular weight excluding hydrogens is 481 g/mol. The predicted molar refractivity (Wildman–Crippen MR) is 141 cm³/mol. The Morgan fingerprint density at radius 2 is 1.76 bits per heavy atom. The van der Waals surface area contributed by atoms with Gasteiger partial charge in [-0.1, -0.05) is 26.8 Å². The second kappa shape index (κ2) is 8.95. The minimum Gasteiger partial charge on any atom is -0.298 e. The number of hydrogen-bond donors (Lipinski definition) is 0. The number of imidazole rings is 2. The van der Waals surface area contributed by atoms with Crippen LogP contribution in [-0.2, 0) is 11.8 Å². The Morgan fingerprint density at radius 3 is 2.55 bits per heavy atom. The Kier molecular flexibility index (Phi) is 5.56. The first-order valence-electron chi connectivity index (χ1n) is 12.2. The van der Waals surface area contributed by atoms with E-state index in [0.29, 0.717) is 28.4 Å². The third-order valence-corrected chi connectivity index (χ3v) is 6.32. The number of Topliss-reactive ketones (excluding diaryl/α,β-unsaturated/α-hetero) is 1. The van der Waals surface area contributed by atoms with Crippen LogP contribution in [-0.4, -0.2) is 39.7 Å². The second-order valence-corrected chi connectivity index (χ2v) is 10.1. The van der Waals surface area contributed by atoms with Gasteiger partial charge in [-0.25, -0.2) is 28.8 Å². The maximum atomic E-state index is 13.6. The fourth-order valence-electron chi connectivity index (χ4n) is 4.37. The number of nitrogens with zero attached hydrogens (tertiary/aromatic N) is 7. The van der Waals surface area contributed by atoms with Gasteiger partial charge in [-0.3, -0.25) is 9.20 Å². The summed E-state index contributed by atoms with van der Waals surface area (Å²) in [6.45, 7) is 6.13. The van der Waals surface area contributed by atoms with Gasteiger partial charge in [0.05, 0.1) is 24.0 Å². The monoisotopic (exact) mass is 505 g/mol. The molecule has 6 rings (SSSR count). The zero-order valence-corrected chi connectivity index (χ0v) is 21.1. The molecule has 0 bridgehead atoms. The number of fused-ring (bicyclic) bond motifs is 2. The fraction of sp³-hybridized carbons (Fsp3) is 0.172. The predicted octanol–water partition coefficient (Wildman–Crippen LogP) is 5.36. The van der Waals surface area contributed by atoms with Gasteiger partial charge in [0.15, 0.2) is 11.4 Å². The van der Waals surface area contributed by atoms with Crippen LogP contribution in [0.15, 0.2) is 79.4 Å². The maximum absolute atomic E-state index is 13.6. The smallest absolute Gasteiger partial charge is 0.187 e. The lowest BCUT2D eigenvalue weighted by atomic mass is 9.91. The molecule has 0 unspecified atom stereocenters. The molecule has 5 heterocycles. The van der Waals surface area contributed by atoms with E-state index in [2.05, 4.69) is 15.0 Å². The average Bonchev–Trinajstić information content (AvgIpc) is 3.49. The summed E-state index contributed by atoms with van der Waals surface area (Å²) in [7, 11) is 0. The van der Waals surface area contributed by atoms with E-state index >= 15 is 0 Å². The van der Waals surface area contributed by atoms with Crippen LogP contribution in [0.3, 0.4) is 0 Å². The van der Waals surface area contributed by atoms with Crippen molar-refractivity contribution in [1.29, 1.82) is 0 Å². The number of rotatable bonds is 5. The van der Waals surface area contributed by atoms with Crippen LogP contribution in [0.5, 0.6) is 0 Å². The van der Waals surface area contributed by atoms with Gasteiger partial charge >= 0.3 is 0 Å². The molecule has 0 radical (unpaired) electrons. The van der Waals surface area contributed by atoms with Gasteiger partial charge < -0.3 is 0 Å². The summed E-state index contributed by atoms with van der Waals surface area (Å²) in [5.74, 6) is -0.447. The Hall–Kier alpha value is -4.79. The standard InChI is InChI=1S/C29H24FN7O/c1-29(2,3)24-15-22(31-17-32-24)23(38)14-20-16-37-26(33-20)12-11-21(35-37)28-27(18-7-9-19(30)10-8-18)34-25-6-4-5-13-36(25)28/h4-13,15-17H,14H2,1-3H3. The first kappa shape index (κ1) is 23.6. The molecule has 5 aromatic heterocycles. The van der Waals surface area contributed by atoms with Gasteiger partial charge in [0.2, 0.25) is 0 Å². The van der Waals surface area contributed by atoms with Crippen molar-refractivity contribution < 1.29 is 9.18 Å². The molecule has 0 saturated carbocycles. The van der Waals surface area contributed by atoms with Gasteiger partial charge in [-0.15, -0.1) is 0 Å². The highest BCUT2D eigenvalue weighted by Gasteiger charge is 2.20. The molecule has 1 aromatic carbocycles. The van der Waals surface area contributed by atoms with Crippen LogP contribution < -0.4 is 0 Å². The molecule has 0 aliphatic heterocycles. The summed E-state index contributed by atoms with van der Waals surface area (Å²) < 4.78 is 17.2. The van der Waals surface area contributed by atoms with E-state index in [1.807, 2.05) is 61.7 Å². The lowest BCUT2D eigenvalue weighted by molar-refractivity contribution is 0.0987. The van der Waals surface area contributed by atoms with Gasteiger partial charge in [0, 0.05) is 22.9 Å². The van der Waals surface area contributed by atoms with Crippen LogP contribution in [0.2, 0.25) is 0 Å². The molecule has 0 aliphatic carbocycles. The highest BCUT2D eigenvalue weighted by molar-refractivity contribution is 5.95. The molecule has 6 aromatic rings. The molecule has 38 heavy (non-hydrogen) atoms. The summed E-state index contributed by atoms with van der Waals surface area (Å²) in [5, 5.41) is 4.80. The third-order valence-electron chi connectivity index (χ3n) is 6.32. The molecule has 0 atom stereocenters. The van der Waals surface area contributed by atoms with Crippen molar-refractivity contribution in [1.82, 2.24) is 34.0 Å². The number of pyridine rings is 1. The zero-order chi connectivity index (χ0) is 26.4. The highest BCUT2D eigenvalue weighted by Crippen LogP contribution is 2.32. The summed E-state index contributed by atoms with van der Waals surface area (Å²) in [5.41, 5.74) is 5.85. The van der Waals surface area contributed by atoms with Crippen molar-refractivity contribution in [3.63, 3.8) is 0 Å². The molecule has 0 amide bonds. The van der Waals surface area contributed by atoms with E-state index in [0.717, 1.165) is 22.6 Å². The molecule has 188 valence electrons. The topological polar surface area (TPSA) is 90.3 Å². The van der Waals surface area contributed by atoms with Crippen molar-refractivity contribution in [2.24, 2.45) is 0 Å². The van der Waals surface area contributed by atoms with Crippen LogP contribution >= 0.6 is 0 Å².